The van der Waals surface area contributed by atoms with Crippen molar-refractivity contribution in [1.29, 1.82) is 0 Å². The summed E-state index contributed by atoms with van der Waals surface area (Å²) < 4.78 is 30.9. The number of ether oxygens (including phenoxy) is 5. The Morgan fingerprint density at radius 3 is 2.40 bits per heavy atom. The normalized spacial score (nSPS) is 47.5. The summed E-state index contributed by atoms with van der Waals surface area (Å²) in [5, 5.41) is 12.3. The summed E-state index contributed by atoms with van der Waals surface area (Å²) in [5.74, 6) is 1.17. The number of aliphatic hydroxyl groups excluding tert-OH is 1. The van der Waals surface area contributed by atoms with E-state index in [0.29, 0.717) is 18.4 Å². The second-order valence-corrected chi connectivity index (χ2v) is 20.4. The first kappa shape index (κ1) is 37.4. The van der Waals surface area contributed by atoms with Crippen molar-refractivity contribution in [3.05, 3.63) is 0 Å². The van der Waals surface area contributed by atoms with Crippen molar-refractivity contribution in [1.82, 2.24) is 9.80 Å². The highest BCUT2D eigenvalue weighted by molar-refractivity contribution is 5.69. The van der Waals surface area contributed by atoms with E-state index in [1.807, 2.05) is 32.6 Å². The third-order valence-corrected chi connectivity index (χ3v) is 16.4. The Kier molecular flexibility index (Phi) is 9.00. The largest absolute Gasteiger partial charge is 0.460 e. The highest BCUT2D eigenvalue weighted by Crippen LogP contribution is 2.87. The standard InChI is InChI=1S/C41H67N3O8/c1-24(49-25(2)45)28-10-9-27-33(50-28)34(46)41(42)30-12-11-29-37(6,7)31(13-14-39(29)23-40(30,39)16-15-38(27,41)8)51-32-22-43(17-18-48-32)19-26-20-44(21-26)35(47)52-36(3,4)5/h24,26-34,46H,9-23,42H2,1-8H3. The van der Waals surface area contributed by atoms with Crippen LogP contribution in [0.15, 0.2) is 0 Å². The number of likely N-dealkylation sites (tertiary alicyclic amines) is 1. The maximum atomic E-state index is 12.4. The highest BCUT2D eigenvalue weighted by Gasteiger charge is 2.85. The van der Waals surface area contributed by atoms with Crippen LogP contribution in [0.1, 0.15) is 113 Å². The number of fused-ring (bicyclic) bond motifs is 4. The van der Waals surface area contributed by atoms with E-state index < -0.39 is 17.2 Å². The molecule has 8 rings (SSSR count). The number of morpholine rings is 1. The van der Waals surface area contributed by atoms with E-state index in [1.54, 1.807) is 0 Å². The molecular formula is C41H67N3O8. The molecule has 8 fully saturated rings. The summed E-state index contributed by atoms with van der Waals surface area (Å²) in [7, 11) is 0. The summed E-state index contributed by atoms with van der Waals surface area (Å²) in [6.07, 6.45) is 7.56. The molecule has 11 nitrogen and oxygen atoms in total. The number of carbonyl (C=O) groups excluding carboxylic acids is 2. The minimum absolute atomic E-state index is 0.00573. The molecule has 3 aliphatic heterocycles. The van der Waals surface area contributed by atoms with Gasteiger partial charge in [0.15, 0.2) is 6.29 Å². The predicted molar refractivity (Wildman–Crippen MR) is 194 cm³/mol. The molecule has 2 spiro atoms. The average Bonchev–Trinajstić information content (AvgIpc) is 3.68. The van der Waals surface area contributed by atoms with Crippen LogP contribution in [0.3, 0.4) is 0 Å². The molecule has 13 unspecified atom stereocenters. The lowest BCUT2D eigenvalue weighted by molar-refractivity contribution is -0.247. The van der Waals surface area contributed by atoms with Gasteiger partial charge in [-0.15, -0.1) is 0 Å². The number of hydrogen-bond acceptors (Lipinski definition) is 10. The lowest BCUT2D eigenvalue weighted by atomic mass is 9.44. The molecule has 0 aromatic rings. The van der Waals surface area contributed by atoms with Gasteiger partial charge in [-0.25, -0.2) is 4.79 Å². The van der Waals surface area contributed by atoms with E-state index in [0.717, 1.165) is 77.7 Å². The first-order chi connectivity index (χ1) is 24.3. The minimum Gasteiger partial charge on any atom is -0.460 e. The van der Waals surface area contributed by atoms with Gasteiger partial charge >= 0.3 is 12.1 Å². The quantitative estimate of drug-likeness (QED) is 0.356. The monoisotopic (exact) mass is 729 g/mol. The maximum absolute atomic E-state index is 12.4. The summed E-state index contributed by atoms with van der Waals surface area (Å²) in [6, 6.07) is 0. The minimum atomic E-state index is -0.731. The molecule has 5 saturated carbocycles. The Hall–Kier alpha value is -1.50. The van der Waals surface area contributed by atoms with Crippen LogP contribution in [0.5, 0.6) is 0 Å². The van der Waals surface area contributed by atoms with Crippen LogP contribution in [-0.2, 0) is 28.5 Å². The Labute approximate surface area is 311 Å². The van der Waals surface area contributed by atoms with Crippen LogP contribution in [0.2, 0.25) is 0 Å². The Balaban J connectivity index is 0.910. The predicted octanol–water partition coefficient (Wildman–Crippen LogP) is 5.11. The number of aliphatic hydroxyl groups is 1. The first-order valence-electron chi connectivity index (χ1n) is 20.6. The fourth-order valence-corrected chi connectivity index (χ4v) is 14.0. The molecule has 8 aliphatic rings. The molecule has 11 heteroatoms. The van der Waals surface area contributed by atoms with Gasteiger partial charge in [0.2, 0.25) is 0 Å². The molecule has 13 atom stereocenters. The van der Waals surface area contributed by atoms with Crippen molar-refractivity contribution in [2.45, 2.75) is 161 Å². The number of carbonyl (C=O) groups is 2. The second-order valence-electron chi connectivity index (χ2n) is 20.4. The Bertz CT molecular complexity index is 1410. The zero-order valence-corrected chi connectivity index (χ0v) is 33.2. The van der Waals surface area contributed by atoms with E-state index in [1.165, 1.54) is 19.8 Å². The SMILES string of the molecule is CC(=O)OC(C)C1CCC2C(O1)C(O)C1(N)C3CCC4C(C)(C)C(OC5CN(CC6CN(C(=O)OC(C)(C)C)C6)CCO5)CCC45CC35CCC21C. The van der Waals surface area contributed by atoms with E-state index in [-0.39, 0.29) is 76.3 Å². The maximum Gasteiger partial charge on any atom is 0.410 e. The lowest BCUT2D eigenvalue weighted by Gasteiger charge is -2.63. The summed E-state index contributed by atoms with van der Waals surface area (Å²) in [6.45, 7) is 21.0. The number of nitrogens with zero attached hydrogens (tertiary/aromatic N) is 2. The van der Waals surface area contributed by atoms with Crippen LogP contribution in [0.25, 0.3) is 0 Å². The molecule has 0 aromatic carbocycles. The van der Waals surface area contributed by atoms with Crippen molar-refractivity contribution in [2.75, 3.05) is 39.3 Å². The van der Waals surface area contributed by atoms with Crippen LogP contribution < -0.4 is 5.73 Å². The van der Waals surface area contributed by atoms with Gasteiger partial charge in [-0.2, -0.15) is 0 Å². The zero-order valence-electron chi connectivity index (χ0n) is 33.2. The lowest BCUT2D eigenvalue weighted by Crippen LogP contribution is -2.70. The van der Waals surface area contributed by atoms with Gasteiger partial charge in [0.05, 0.1) is 36.6 Å². The molecule has 294 valence electrons. The van der Waals surface area contributed by atoms with E-state index in [2.05, 4.69) is 25.7 Å². The van der Waals surface area contributed by atoms with Gasteiger partial charge in [-0.3, -0.25) is 9.69 Å². The zero-order chi connectivity index (χ0) is 37.2. The fourth-order valence-electron chi connectivity index (χ4n) is 14.0. The summed E-state index contributed by atoms with van der Waals surface area (Å²) in [4.78, 5) is 28.4. The average molecular weight is 730 g/mol. The fraction of sp³-hybridized carbons (Fsp3) is 0.951. The third-order valence-electron chi connectivity index (χ3n) is 16.4. The number of hydrogen-bond donors (Lipinski definition) is 2. The van der Waals surface area contributed by atoms with Gasteiger partial charge in [0.1, 0.15) is 11.7 Å². The molecule has 5 aliphatic carbocycles. The molecule has 1 amide bonds. The molecule has 0 radical (unpaired) electrons. The molecule has 0 aromatic heterocycles. The van der Waals surface area contributed by atoms with Crippen molar-refractivity contribution in [2.24, 2.45) is 51.1 Å². The van der Waals surface area contributed by atoms with Gasteiger partial charge < -0.3 is 39.4 Å². The number of esters is 1. The van der Waals surface area contributed by atoms with E-state index >= 15 is 0 Å². The van der Waals surface area contributed by atoms with Crippen molar-refractivity contribution in [3.8, 4) is 0 Å². The highest BCUT2D eigenvalue weighted by atomic mass is 16.7. The van der Waals surface area contributed by atoms with Crippen molar-refractivity contribution < 1.29 is 38.4 Å². The van der Waals surface area contributed by atoms with Crippen LogP contribution in [0.4, 0.5) is 4.79 Å². The van der Waals surface area contributed by atoms with Crippen molar-refractivity contribution in [3.63, 3.8) is 0 Å². The number of amides is 1. The first-order valence-corrected chi connectivity index (χ1v) is 20.6. The van der Waals surface area contributed by atoms with Gasteiger partial charge in [0, 0.05) is 45.6 Å². The molecule has 0 bridgehead atoms. The van der Waals surface area contributed by atoms with Gasteiger partial charge in [-0.1, -0.05) is 20.8 Å². The molecular weight excluding hydrogens is 662 g/mol. The van der Waals surface area contributed by atoms with Gasteiger partial charge in [0.25, 0.3) is 0 Å². The number of nitrogens with two attached hydrogens (primary N) is 1. The Morgan fingerprint density at radius 1 is 0.981 bits per heavy atom. The van der Waals surface area contributed by atoms with Crippen LogP contribution in [-0.4, -0.2) is 114 Å². The Morgan fingerprint density at radius 2 is 1.69 bits per heavy atom. The molecule has 3 saturated heterocycles. The second kappa shape index (κ2) is 12.5. The van der Waals surface area contributed by atoms with E-state index in [4.69, 9.17) is 29.4 Å². The van der Waals surface area contributed by atoms with Crippen LogP contribution >= 0.6 is 0 Å². The summed E-state index contributed by atoms with van der Waals surface area (Å²) >= 11 is 0. The third kappa shape index (κ3) is 5.54. The van der Waals surface area contributed by atoms with Crippen molar-refractivity contribution >= 4 is 12.1 Å². The topological polar surface area (TPSA) is 133 Å². The van der Waals surface area contributed by atoms with E-state index in [9.17, 15) is 14.7 Å². The number of rotatable bonds is 6. The van der Waals surface area contributed by atoms with Crippen LogP contribution in [0, 0.1) is 45.3 Å². The summed E-state index contributed by atoms with van der Waals surface area (Å²) in [5.41, 5.74) is 6.78. The molecule has 3 heterocycles. The smallest absolute Gasteiger partial charge is 0.410 e. The molecule has 52 heavy (non-hydrogen) atoms. The molecule has 3 N–H and O–H groups in total. The van der Waals surface area contributed by atoms with Gasteiger partial charge in [-0.05, 0) is 125 Å².